The average Bonchev–Trinajstić information content (AvgIpc) is 2.72. The molecule has 1 aromatic heterocycles. The number of pyridine rings is 1. The molecule has 0 amide bonds. The van der Waals surface area contributed by atoms with E-state index in [1.165, 1.54) is 18.4 Å². The summed E-state index contributed by atoms with van der Waals surface area (Å²) < 4.78 is 10.7. The Morgan fingerprint density at radius 1 is 1.15 bits per heavy atom. The predicted molar refractivity (Wildman–Crippen MR) is 108 cm³/mol. The maximum atomic E-state index is 5.42. The van der Waals surface area contributed by atoms with Gasteiger partial charge in [0, 0.05) is 31.9 Å². The van der Waals surface area contributed by atoms with Crippen molar-refractivity contribution in [1.29, 1.82) is 0 Å². The minimum atomic E-state index is 0.600. The molecule has 2 aromatic rings. The van der Waals surface area contributed by atoms with Crippen LogP contribution in [-0.4, -0.2) is 61.7 Å². The van der Waals surface area contributed by atoms with E-state index in [0.29, 0.717) is 6.04 Å². The number of hydrogen-bond donors (Lipinski definition) is 0. The molecular weight excluding hydrogens is 338 g/mol. The van der Waals surface area contributed by atoms with Crippen LogP contribution in [0.1, 0.15) is 24.1 Å². The van der Waals surface area contributed by atoms with Gasteiger partial charge >= 0.3 is 0 Å². The molecule has 2 heterocycles. The Bertz CT molecular complexity index is 708. The van der Waals surface area contributed by atoms with Gasteiger partial charge < -0.3 is 14.4 Å². The van der Waals surface area contributed by atoms with Gasteiger partial charge in [-0.25, -0.2) is 0 Å². The van der Waals surface area contributed by atoms with Crippen molar-refractivity contribution in [2.45, 2.75) is 31.8 Å². The summed E-state index contributed by atoms with van der Waals surface area (Å²) in [4.78, 5) is 9.50. The quantitative estimate of drug-likeness (QED) is 0.714. The lowest BCUT2D eigenvalue weighted by Crippen LogP contribution is -2.46. The first-order chi connectivity index (χ1) is 13.2. The van der Waals surface area contributed by atoms with Crippen LogP contribution < -0.4 is 9.47 Å². The lowest BCUT2D eigenvalue weighted by atomic mass is 10.0. The Balaban J connectivity index is 1.52. The molecule has 1 unspecified atom stereocenters. The predicted octanol–water partition coefficient (Wildman–Crippen LogP) is 3.24. The van der Waals surface area contributed by atoms with E-state index in [-0.39, 0.29) is 0 Å². The van der Waals surface area contributed by atoms with Crippen LogP contribution >= 0.6 is 0 Å². The van der Waals surface area contributed by atoms with E-state index in [1.807, 2.05) is 18.3 Å². The third-order valence-electron chi connectivity index (χ3n) is 5.42. The number of likely N-dealkylation sites (N-methyl/N-ethyl adjacent to an activating group) is 1. The van der Waals surface area contributed by atoms with Crippen molar-refractivity contribution in [3.63, 3.8) is 0 Å². The molecule has 27 heavy (non-hydrogen) atoms. The minimum absolute atomic E-state index is 0.600. The molecule has 0 spiro atoms. The molecule has 5 nitrogen and oxygen atoms in total. The first kappa shape index (κ1) is 19.6. The Labute approximate surface area is 162 Å². The number of benzene rings is 1. The monoisotopic (exact) mass is 369 g/mol. The molecule has 0 radical (unpaired) electrons. The minimum Gasteiger partial charge on any atom is -0.493 e. The number of likely N-dealkylation sites (tertiary alicyclic amines) is 1. The Morgan fingerprint density at radius 2 is 2.00 bits per heavy atom. The zero-order chi connectivity index (χ0) is 19.1. The van der Waals surface area contributed by atoms with E-state index >= 15 is 0 Å². The molecular formula is C22H31N3O2. The number of aromatic nitrogens is 1. The number of piperidine rings is 1. The highest BCUT2D eigenvalue weighted by Crippen LogP contribution is 2.28. The summed E-state index contributed by atoms with van der Waals surface area (Å²) in [6, 6.07) is 13.0. The topological polar surface area (TPSA) is 37.8 Å². The first-order valence-electron chi connectivity index (χ1n) is 9.73. The van der Waals surface area contributed by atoms with Crippen molar-refractivity contribution in [3.05, 3.63) is 53.9 Å². The van der Waals surface area contributed by atoms with E-state index in [4.69, 9.17) is 9.47 Å². The molecule has 1 fully saturated rings. The van der Waals surface area contributed by atoms with Gasteiger partial charge in [-0.1, -0.05) is 12.1 Å². The van der Waals surface area contributed by atoms with E-state index in [1.54, 1.807) is 14.2 Å². The van der Waals surface area contributed by atoms with Crippen LogP contribution in [0.5, 0.6) is 11.5 Å². The summed E-state index contributed by atoms with van der Waals surface area (Å²) >= 11 is 0. The number of nitrogens with zero attached hydrogens (tertiary/aromatic N) is 3. The summed E-state index contributed by atoms with van der Waals surface area (Å²) in [6.45, 7) is 4.26. The number of methoxy groups -OCH3 is 2. The van der Waals surface area contributed by atoms with Crippen molar-refractivity contribution in [1.82, 2.24) is 14.8 Å². The second kappa shape index (κ2) is 9.72. The van der Waals surface area contributed by atoms with E-state index in [0.717, 1.165) is 49.8 Å². The summed E-state index contributed by atoms with van der Waals surface area (Å²) in [5, 5.41) is 0. The van der Waals surface area contributed by atoms with E-state index < -0.39 is 0 Å². The lowest BCUT2D eigenvalue weighted by Gasteiger charge is -2.37. The molecule has 0 bridgehead atoms. The van der Waals surface area contributed by atoms with Crippen LogP contribution in [0, 0.1) is 0 Å². The van der Waals surface area contributed by atoms with Crippen LogP contribution in [-0.2, 0) is 13.0 Å². The first-order valence-corrected chi connectivity index (χ1v) is 9.73. The molecule has 3 rings (SSSR count). The standard InChI is InChI=1S/C22H31N3O2/c1-24(14-11-18-9-10-21(26-2)22(15-18)27-3)20-8-6-13-25(17-20)16-19-7-4-5-12-23-19/h4-5,7,9-10,12,15,20H,6,8,11,13-14,16-17H2,1-3H3. The van der Waals surface area contributed by atoms with Crippen LogP contribution in [0.4, 0.5) is 0 Å². The Hall–Kier alpha value is -2.11. The highest BCUT2D eigenvalue weighted by atomic mass is 16.5. The third-order valence-corrected chi connectivity index (χ3v) is 5.42. The molecule has 1 aromatic carbocycles. The molecule has 5 heteroatoms. The lowest BCUT2D eigenvalue weighted by molar-refractivity contribution is 0.111. The smallest absolute Gasteiger partial charge is 0.160 e. The average molecular weight is 370 g/mol. The molecule has 0 saturated carbocycles. The van der Waals surface area contributed by atoms with Crippen molar-refractivity contribution < 1.29 is 9.47 Å². The van der Waals surface area contributed by atoms with Crippen LogP contribution in [0.2, 0.25) is 0 Å². The second-order valence-electron chi connectivity index (χ2n) is 7.27. The number of hydrogen-bond acceptors (Lipinski definition) is 5. The highest BCUT2D eigenvalue weighted by molar-refractivity contribution is 5.42. The SMILES string of the molecule is COc1ccc(CCN(C)C2CCCN(Cc3ccccn3)C2)cc1OC. The van der Waals surface area contributed by atoms with Gasteiger partial charge in [0.15, 0.2) is 11.5 Å². The summed E-state index contributed by atoms with van der Waals surface area (Å²) in [5.41, 5.74) is 2.44. The fourth-order valence-electron chi connectivity index (χ4n) is 3.78. The van der Waals surface area contributed by atoms with Gasteiger partial charge in [-0.2, -0.15) is 0 Å². The van der Waals surface area contributed by atoms with Gasteiger partial charge in [0.1, 0.15) is 0 Å². The zero-order valence-electron chi connectivity index (χ0n) is 16.7. The fourth-order valence-corrected chi connectivity index (χ4v) is 3.78. The molecule has 1 aliphatic heterocycles. The van der Waals surface area contributed by atoms with Gasteiger partial charge in [0.05, 0.1) is 19.9 Å². The van der Waals surface area contributed by atoms with Crippen LogP contribution in [0.3, 0.4) is 0 Å². The molecule has 1 saturated heterocycles. The fraction of sp³-hybridized carbons (Fsp3) is 0.500. The van der Waals surface area contributed by atoms with Gasteiger partial charge in [-0.3, -0.25) is 9.88 Å². The largest absolute Gasteiger partial charge is 0.493 e. The zero-order valence-corrected chi connectivity index (χ0v) is 16.7. The van der Waals surface area contributed by atoms with Gasteiger partial charge in [0.25, 0.3) is 0 Å². The van der Waals surface area contributed by atoms with E-state index in [9.17, 15) is 0 Å². The van der Waals surface area contributed by atoms with Crippen molar-refractivity contribution in [2.24, 2.45) is 0 Å². The van der Waals surface area contributed by atoms with Crippen molar-refractivity contribution in [3.8, 4) is 11.5 Å². The molecule has 1 atom stereocenters. The van der Waals surface area contributed by atoms with Crippen molar-refractivity contribution in [2.75, 3.05) is 40.9 Å². The Kier molecular flexibility index (Phi) is 7.07. The maximum absolute atomic E-state index is 5.42. The van der Waals surface area contributed by atoms with Gasteiger partial charge in [-0.05, 0) is 62.7 Å². The molecule has 146 valence electrons. The van der Waals surface area contributed by atoms with Crippen LogP contribution in [0.25, 0.3) is 0 Å². The number of rotatable bonds is 8. The molecule has 1 aliphatic rings. The van der Waals surface area contributed by atoms with Gasteiger partial charge in [0.2, 0.25) is 0 Å². The number of ether oxygens (including phenoxy) is 2. The van der Waals surface area contributed by atoms with Gasteiger partial charge in [-0.15, -0.1) is 0 Å². The molecule has 0 N–H and O–H groups in total. The second-order valence-corrected chi connectivity index (χ2v) is 7.27. The molecule has 0 aliphatic carbocycles. The normalized spacial score (nSPS) is 17.9. The summed E-state index contributed by atoms with van der Waals surface area (Å²) in [6.07, 6.45) is 5.40. The van der Waals surface area contributed by atoms with Crippen molar-refractivity contribution >= 4 is 0 Å². The summed E-state index contributed by atoms with van der Waals surface area (Å²) in [5.74, 6) is 1.59. The highest BCUT2D eigenvalue weighted by Gasteiger charge is 2.23. The Morgan fingerprint density at radius 3 is 2.74 bits per heavy atom. The third kappa shape index (κ3) is 5.44. The van der Waals surface area contributed by atoms with Crippen LogP contribution in [0.15, 0.2) is 42.6 Å². The van der Waals surface area contributed by atoms with E-state index in [2.05, 4.69) is 46.1 Å². The summed E-state index contributed by atoms with van der Waals surface area (Å²) in [7, 11) is 5.60. The maximum Gasteiger partial charge on any atom is 0.160 e.